The van der Waals surface area contributed by atoms with Crippen molar-refractivity contribution in [1.29, 1.82) is 0 Å². The second-order valence-electron chi connectivity index (χ2n) is 4.87. The molecule has 1 heterocycles. The summed E-state index contributed by atoms with van der Waals surface area (Å²) in [4.78, 5) is 14.3. The Balaban J connectivity index is 1.75. The quantitative estimate of drug-likeness (QED) is 0.897. The van der Waals surface area contributed by atoms with Crippen LogP contribution in [0.4, 0.5) is 0 Å². The Kier molecular flexibility index (Phi) is 3.37. The first kappa shape index (κ1) is 12.7. The number of aromatic nitrogens is 3. The van der Waals surface area contributed by atoms with Gasteiger partial charge in [0.2, 0.25) is 0 Å². The molecular weight excluding hydrogens is 256 g/mol. The minimum absolute atomic E-state index is 0.0722. The normalized spacial score (nSPS) is 14.1. The Morgan fingerprint density at radius 3 is 2.70 bits per heavy atom. The molecule has 3 rings (SSSR count). The van der Waals surface area contributed by atoms with Gasteiger partial charge in [0.15, 0.2) is 5.69 Å². The van der Waals surface area contributed by atoms with Gasteiger partial charge < -0.3 is 9.64 Å². The van der Waals surface area contributed by atoms with Gasteiger partial charge in [-0.1, -0.05) is 12.1 Å². The molecule has 0 radical (unpaired) electrons. The topological polar surface area (TPSA) is 71.1 Å². The van der Waals surface area contributed by atoms with Gasteiger partial charge in [-0.25, -0.2) is 0 Å². The molecule has 0 aliphatic heterocycles. The number of H-pyrrole nitrogens is 1. The molecule has 0 spiro atoms. The summed E-state index contributed by atoms with van der Waals surface area (Å²) in [5.74, 6) is 0.742. The van der Waals surface area contributed by atoms with Gasteiger partial charge in [0.1, 0.15) is 5.75 Å². The molecule has 0 bridgehead atoms. The Labute approximate surface area is 116 Å². The molecule has 1 amide bonds. The van der Waals surface area contributed by atoms with Gasteiger partial charge in [0, 0.05) is 12.6 Å². The lowest BCUT2D eigenvalue weighted by Gasteiger charge is -2.21. The van der Waals surface area contributed by atoms with E-state index < -0.39 is 0 Å². The maximum Gasteiger partial charge on any atom is 0.276 e. The van der Waals surface area contributed by atoms with Crippen LogP contribution in [-0.2, 0) is 6.54 Å². The highest BCUT2D eigenvalue weighted by atomic mass is 16.5. The summed E-state index contributed by atoms with van der Waals surface area (Å²) in [6, 6.07) is 8.08. The first-order chi connectivity index (χ1) is 9.78. The molecule has 6 nitrogen and oxygen atoms in total. The molecule has 1 fully saturated rings. The molecule has 6 heteroatoms. The number of nitrogens with zero attached hydrogens (tertiary/aromatic N) is 3. The highest BCUT2D eigenvalue weighted by Crippen LogP contribution is 2.29. The summed E-state index contributed by atoms with van der Waals surface area (Å²) >= 11 is 0. The SMILES string of the molecule is COc1ccc(CN(C(=O)c2cn[nH]n2)C2CC2)cc1. The highest BCUT2D eigenvalue weighted by Gasteiger charge is 2.33. The van der Waals surface area contributed by atoms with Crippen molar-refractivity contribution in [2.75, 3.05) is 7.11 Å². The summed E-state index contributed by atoms with van der Waals surface area (Å²) in [5.41, 5.74) is 1.44. The maximum absolute atomic E-state index is 12.4. The first-order valence-electron chi connectivity index (χ1n) is 6.57. The van der Waals surface area contributed by atoms with Crippen LogP contribution in [0.25, 0.3) is 0 Å². The summed E-state index contributed by atoms with van der Waals surface area (Å²) in [6.07, 6.45) is 3.57. The Morgan fingerprint density at radius 2 is 2.15 bits per heavy atom. The zero-order valence-corrected chi connectivity index (χ0v) is 11.2. The predicted octanol–water partition coefficient (Wildman–Crippen LogP) is 1.62. The number of rotatable bonds is 5. The standard InChI is InChI=1S/C14H16N4O2/c1-20-12-6-2-10(3-7-12)9-18(11-4-5-11)14(19)13-8-15-17-16-13/h2-3,6-8,11H,4-5,9H2,1H3,(H,15,16,17). The number of aromatic amines is 1. The van der Waals surface area contributed by atoms with E-state index in [9.17, 15) is 4.79 Å². The maximum atomic E-state index is 12.4. The van der Waals surface area contributed by atoms with Gasteiger partial charge >= 0.3 is 0 Å². The largest absolute Gasteiger partial charge is 0.497 e. The smallest absolute Gasteiger partial charge is 0.276 e. The van der Waals surface area contributed by atoms with Crippen molar-refractivity contribution in [1.82, 2.24) is 20.3 Å². The van der Waals surface area contributed by atoms with Crippen molar-refractivity contribution in [3.8, 4) is 5.75 Å². The summed E-state index contributed by atoms with van der Waals surface area (Å²) in [7, 11) is 1.64. The third-order valence-corrected chi connectivity index (χ3v) is 3.39. The van der Waals surface area contributed by atoms with Gasteiger partial charge in [-0.2, -0.15) is 15.4 Å². The molecular formula is C14H16N4O2. The Hall–Kier alpha value is -2.37. The Morgan fingerprint density at radius 1 is 1.40 bits per heavy atom. The second-order valence-corrected chi connectivity index (χ2v) is 4.87. The van der Waals surface area contributed by atoms with Gasteiger partial charge in [-0.05, 0) is 30.5 Å². The highest BCUT2D eigenvalue weighted by molar-refractivity contribution is 5.92. The van der Waals surface area contributed by atoms with Crippen molar-refractivity contribution in [2.45, 2.75) is 25.4 Å². The zero-order valence-electron chi connectivity index (χ0n) is 11.2. The zero-order chi connectivity index (χ0) is 13.9. The van der Waals surface area contributed by atoms with Crippen molar-refractivity contribution < 1.29 is 9.53 Å². The van der Waals surface area contributed by atoms with E-state index in [2.05, 4.69) is 15.4 Å². The molecule has 104 valence electrons. The molecule has 20 heavy (non-hydrogen) atoms. The van der Waals surface area contributed by atoms with E-state index >= 15 is 0 Å². The van der Waals surface area contributed by atoms with Gasteiger partial charge in [-0.15, -0.1) is 0 Å². The van der Waals surface area contributed by atoms with Crippen LogP contribution in [0, 0.1) is 0 Å². The van der Waals surface area contributed by atoms with E-state index in [1.165, 1.54) is 6.20 Å². The van der Waals surface area contributed by atoms with Crippen molar-refractivity contribution in [2.24, 2.45) is 0 Å². The van der Waals surface area contributed by atoms with Crippen LogP contribution in [-0.4, -0.2) is 39.4 Å². The number of ether oxygens (including phenoxy) is 1. The third kappa shape index (κ3) is 2.64. The van der Waals surface area contributed by atoms with E-state index in [0.717, 1.165) is 24.2 Å². The molecule has 0 unspecified atom stereocenters. The molecule has 0 saturated heterocycles. The molecule has 1 N–H and O–H groups in total. The number of benzene rings is 1. The average Bonchev–Trinajstić information content (AvgIpc) is 3.18. The summed E-state index contributed by atoms with van der Waals surface area (Å²) < 4.78 is 5.14. The van der Waals surface area contributed by atoms with Crippen LogP contribution in [0.2, 0.25) is 0 Å². The second kappa shape index (κ2) is 5.32. The van der Waals surface area contributed by atoms with Crippen molar-refractivity contribution in [3.05, 3.63) is 41.7 Å². The fraction of sp³-hybridized carbons (Fsp3) is 0.357. The fourth-order valence-electron chi connectivity index (χ4n) is 2.13. The third-order valence-electron chi connectivity index (χ3n) is 3.39. The number of methoxy groups -OCH3 is 1. The van der Waals surface area contributed by atoms with Gasteiger partial charge in [0.25, 0.3) is 5.91 Å². The lowest BCUT2D eigenvalue weighted by Crippen LogP contribution is -2.32. The first-order valence-corrected chi connectivity index (χ1v) is 6.57. The minimum Gasteiger partial charge on any atom is -0.497 e. The van der Waals surface area contributed by atoms with Crippen molar-refractivity contribution in [3.63, 3.8) is 0 Å². The van der Waals surface area contributed by atoms with Crippen LogP contribution in [0.1, 0.15) is 28.9 Å². The van der Waals surface area contributed by atoms with Crippen LogP contribution >= 0.6 is 0 Å². The molecule has 1 aliphatic carbocycles. The molecule has 1 aromatic heterocycles. The number of amides is 1. The number of carbonyl (C=O) groups is 1. The number of carbonyl (C=O) groups excluding carboxylic acids is 1. The lowest BCUT2D eigenvalue weighted by atomic mass is 10.2. The van der Waals surface area contributed by atoms with Gasteiger partial charge in [-0.3, -0.25) is 4.79 Å². The van der Waals surface area contributed by atoms with Gasteiger partial charge in [0.05, 0.1) is 13.3 Å². The van der Waals surface area contributed by atoms with E-state index in [-0.39, 0.29) is 5.91 Å². The monoisotopic (exact) mass is 272 g/mol. The predicted molar refractivity (Wildman–Crippen MR) is 72.3 cm³/mol. The fourth-order valence-corrected chi connectivity index (χ4v) is 2.13. The molecule has 2 aromatic rings. The molecule has 1 aliphatic rings. The lowest BCUT2D eigenvalue weighted by molar-refractivity contribution is 0.0724. The van der Waals surface area contributed by atoms with Crippen molar-refractivity contribution >= 4 is 5.91 Å². The average molecular weight is 272 g/mol. The number of hydrogen-bond donors (Lipinski definition) is 1. The van der Waals surface area contributed by atoms with E-state index in [1.807, 2.05) is 29.2 Å². The molecule has 1 aromatic carbocycles. The summed E-state index contributed by atoms with van der Waals surface area (Å²) in [6.45, 7) is 0.584. The Bertz CT molecular complexity index is 576. The summed E-state index contributed by atoms with van der Waals surface area (Å²) in [5, 5.41) is 10.0. The van der Waals surface area contributed by atoms with E-state index in [0.29, 0.717) is 18.3 Å². The number of nitrogens with one attached hydrogen (secondary N) is 1. The molecule has 1 saturated carbocycles. The van der Waals surface area contributed by atoms with Crippen LogP contribution in [0.5, 0.6) is 5.75 Å². The minimum atomic E-state index is -0.0722. The van der Waals surface area contributed by atoms with Crippen LogP contribution in [0.15, 0.2) is 30.5 Å². The van der Waals surface area contributed by atoms with E-state index in [1.54, 1.807) is 7.11 Å². The van der Waals surface area contributed by atoms with Crippen LogP contribution < -0.4 is 4.74 Å². The van der Waals surface area contributed by atoms with E-state index in [4.69, 9.17) is 4.74 Å². The van der Waals surface area contributed by atoms with Crippen LogP contribution in [0.3, 0.4) is 0 Å². The molecule has 0 atom stereocenters. The number of hydrogen-bond acceptors (Lipinski definition) is 4.